The Morgan fingerprint density at radius 1 is 1.67 bits per heavy atom. The maximum Gasteiger partial charge on any atom is 0.169 e. The van der Waals surface area contributed by atoms with Crippen molar-refractivity contribution in [2.45, 2.75) is 18.9 Å². The van der Waals surface area contributed by atoms with Crippen LogP contribution in [0.2, 0.25) is 0 Å². The molecule has 1 aliphatic rings. The van der Waals surface area contributed by atoms with Crippen molar-refractivity contribution >= 4 is 5.78 Å². The summed E-state index contributed by atoms with van der Waals surface area (Å²) in [4.78, 5) is 10.6. The van der Waals surface area contributed by atoms with Crippen LogP contribution in [-0.4, -0.2) is 22.1 Å². The number of carbonyl (C=O) groups is 1. The average molecular weight is 128 g/mol. The molecule has 0 fully saturated rings. The number of carbonyl (C=O) groups excluding carboxylic acids is 1. The molecule has 3 heteroatoms. The summed E-state index contributed by atoms with van der Waals surface area (Å²) in [6.07, 6.45) is 0.818. The summed E-state index contributed by atoms with van der Waals surface area (Å²) in [5.41, 5.74) is 0. The number of hydrogen-bond acceptors (Lipinski definition) is 3. The lowest BCUT2D eigenvalue weighted by Crippen LogP contribution is -2.23. The molecule has 50 valence electrons. The molecule has 0 heterocycles. The molecule has 0 saturated heterocycles. The lowest BCUT2D eigenvalue weighted by atomic mass is 10.0. The minimum atomic E-state index is -0.888. The van der Waals surface area contributed by atoms with Crippen LogP contribution in [0.1, 0.15) is 12.8 Å². The quantitative estimate of drug-likeness (QED) is 0.488. The van der Waals surface area contributed by atoms with Crippen molar-refractivity contribution < 1.29 is 15.0 Å². The number of ketones is 1. The third kappa shape index (κ3) is 1.29. The van der Waals surface area contributed by atoms with E-state index in [1.165, 1.54) is 6.08 Å². The lowest BCUT2D eigenvalue weighted by Gasteiger charge is -2.11. The highest BCUT2D eigenvalue weighted by Crippen LogP contribution is 2.11. The molecule has 0 saturated carbocycles. The van der Waals surface area contributed by atoms with Gasteiger partial charge >= 0.3 is 0 Å². The maximum atomic E-state index is 10.6. The van der Waals surface area contributed by atoms with Gasteiger partial charge in [0.25, 0.3) is 0 Å². The van der Waals surface area contributed by atoms with Crippen molar-refractivity contribution in [1.82, 2.24) is 0 Å². The van der Waals surface area contributed by atoms with Gasteiger partial charge in [-0.1, -0.05) is 0 Å². The van der Waals surface area contributed by atoms with Crippen LogP contribution in [0.15, 0.2) is 11.8 Å². The standard InChI is InChI=1S/C6H8O3/c7-4-1-2-5(8)6(9)3-4/h1,5,7-8H,2-3H2. The van der Waals surface area contributed by atoms with Crippen molar-refractivity contribution in [3.8, 4) is 0 Å². The van der Waals surface area contributed by atoms with E-state index in [0.717, 1.165) is 0 Å². The van der Waals surface area contributed by atoms with Crippen molar-refractivity contribution in [1.29, 1.82) is 0 Å². The smallest absolute Gasteiger partial charge is 0.169 e. The van der Waals surface area contributed by atoms with Gasteiger partial charge in [0.05, 0.1) is 12.2 Å². The molecule has 0 radical (unpaired) electrons. The van der Waals surface area contributed by atoms with Crippen LogP contribution in [0.5, 0.6) is 0 Å². The monoisotopic (exact) mass is 128 g/mol. The van der Waals surface area contributed by atoms with Gasteiger partial charge in [-0.25, -0.2) is 0 Å². The van der Waals surface area contributed by atoms with E-state index in [9.17, 15) is 4.79 Å². The van der Waals surface area contributed by atoms with Crippen LogP contribution in [0.4, 0.5) is 0 Å². The first-order valence-corrected chi connectivity index (χ1v) is 2.79. The molecule has 1 aliphatic carbocycles. The number of aliphatic hydroxyl groups is 2. The largest absolute Gasteiger partial charge is 0.512 e. The fraction of sp³-hybridized carbons (Fsp3) is 0.500. The zero-order chi connectivity index (χ0) is 6.85. The predicted octanol–water partition coefficient (Wildman–Crippen LogP) is 0.152. The first-order chi connectivity index (χ1) is 4.20. The summed E-state index contributed by atoms with van der Waals surface area (Å²) in [6, 6.07) is 0. The number of Topliss-reactive ketones (excluding diaryl/α,β-unsaturated/α-hetero) is 1. The highest BCUT2D eigenvalue weighted by molar-refractivity contribution is 5.85. The highest BCUT2D eigenvalue weighted by atomic mass is 16.3. The fourth-order valence-corrected chi connectivity index (χ4v) is 0.748. The molecular weight excluding hydrogens is 120 g/mol. The Labute approximate surface area is 52.6 Å². The average Bonchev–Trinajstić information content (AvgIpc) is 1.80. The number of aliphatic hydroxyl groups excluding tert-OH is 2. The van der Waals surface area contributed by atoms with Gasteiger partial charge in [-0.05, 0) is 6.08 Å². The predicted molar refractivity (Wildman–Crippen MR) is 31.0 cm³/mol. The maximum absolute atomic E-state index is 10.6. The second-order valence-corrected chi connectivity index (χ2v) is 2.09. The van der Waals surface area contributed by atoms with Gasteiger partial charge in [-0.15, -0.1) is 0 Å². The third-order valence-corrected chi connectivity index (χ3v) is 1.30. The molecule has 0 aromatic carbocycles. The summed E-state index contributed by atoms with van der Waals surface area (Å²) in [5.74, 6) is -0.222. The van der Waals surface area contributed by atoms with E-state index >= 15 is 0 Å². The topological polar surface area (TPSA) is 57.5 Å². The van der Waals surface area contributed by atoms with Crippen LogP contribution < -0.4 is 0 Å². The molecule has 0 bridgehead atoms. The normalized spacial score (nSPS) is 27.9. The van der Waals surface area contributed by atoms with Gasteiger partial charge in [0.2, 0.25) is 0 Å². The van der Waals surface area contributed by atoms with E-state index in [-0.39, 0.29) is 24.4 Å². The van der Waals surface area contributed by atoms with Crippen molar-refractivity contribution in [2.75, 3.05) is 0 Å². The molecule has 2 N–H and O–H groups in total. The molecule has 3 nitrogen and oxygen atoms in total. The zero-order valence-electron chi connectivity index (χ0n) is 4.87. The Hall–Kier alpha value is -0.830. The first-order valence-electron chi connectivity index (χ1n) is 2.79. The Morgan fingerprint density at radius 2 is 2.33 bits per heavy atom. The summed E-state index contributed by atoms with van der Waals surface area (Å²) in [7, 11) is 0. The molecule has 0 aromatic rings. The molecule has 0 aromatic heterocycles. The zero-order valence-corrected chi connectivity index (χ0v) is 4.87. The van der Waals surface area contributed by atoms with E-state index in [2.05, 4.69) is 0 Å². The molecule has 1 rings (SSSR count). The van der Waals surface area contributed by atoms with Gasteiger partial charge < -0.3 is 10.2 Å². The molecule has 0 aliphatic heterocycles. The summed E-state index contributed by atoms with van der Waals surface area (Å²) in [5, 5.41) is 17.5. The second kappa shape index (κ2) is 2.19. The van der Waals surface area contributed by atoms with Crippen molar-refractivity contribution in [2.24, 2.45) is 0 Å². The first kappa shape index (κ1) is 6.29. The molecule has 0 spiro atoms. The molecule has 1 unspecified atom stereocenters. The van der Waals surface area contributed by atoms with Crippen LogP contribution >= 0.6 is 0 Å². The van der Waals surface area contributed by atoms with Crippen LogP contribution in [0, 0.1) is 0 Å². The van der Waals surface area contributed by atoms with E-state index in [4.69, 9.17) is 10.2 Å². The lowest BCUT2D eigenvalue weighted by molar-refractivity contribution is -0.127. The van der Waals surface area contributed by atoms with Crippen LogP contribution in [0.25, 0.3) is 0 Å². The van der Waals surface area contributed by atoms with E-state index < -0.39 is 6.10 Å². The minimum absolute atomic E-state index is 0.0127. The molecular formula is C6H8O3. The SMILES string of the molecule is O=C1CC(O)=CCC1O. The fourth-order valence-electron chi connectivity index (χ4n) is 0.748. The summed E-state index contributed by atoms with van der Waals surface area (Å²) in [6.45, 7) is 0. The Balaban J connectivity index is 2.65. The summed E-state index contributed by atoms with van der Waals surface area (Å²) >= 11 is 0. The molecule has 0 amide bonds. The Bertz CT molecular complexity index is 160. The summed E-state index contributed by atoms with van der Waals surface area (Å²) < 4.78 is 0. The van der Waals surface area contributed by atoms with Crippen molar-refractivity contribution in [3.63, 3.8) is 0 Å². The Morgan fingerprint density at radius 3 is 2.78 bits per heavy atom. The Kier molecular flexibility index (Phi) is 1.53. The van der Waals surface area contributed by atoms with Crippen LogP contribution in [0.3, 0.4) is 0 Å². The van der Waals surface area contributed by atoms with Gasteiger partial charge in [0, 0.05) is 6.42 Å². The third-order valence-electron chi connectivity index (χ3n) is 1.30. The van der Waals surface area contributed by atoms with Gasteiger partial charge in [0.15, 0.2) is 5.78 Å². The number of rotatable bonds is 0. The van der Waals surface area contributed by atoms with E-state index in [1.54, 1.807) is 0 Å². The van der Waals surface area contributed by atoms with E-state index in [0.29, 0.717) is 0 Å². The highest BCUT2D eigenvalue weighted by Gasteiger charge is 2.19. The van der Waals surface area contributed by atoms with Crippen LogP contribution in [-0.2, 0) is 4.79 Å². The van der Waals surface area contributed by atoms with Gasteiger partial charge in [-0.2, -0.15) is 0 Å². The molecule has 1 atom stereocenters. The minimum Gasteiger partial charge on any atom is -0.512 e. The number of hydrogen-bond donors (Lipinski definition) is 2. The van der Waals surface area contributed by atoms with E-state index in [1.807, 2.05) is 0 Å². The van der Waals surface area contributed by atoms with Crippen molar-refractivity contribution in [3.05, 3.63) is 11.8 Å². The van der Waals surface area contributed by atoms with Gasteiger partial charge in [-0.3, -0.25) is 4.79 Å². The molecule has 9 heavy (non-hydrogen) atoms. The second-order valence-electron chi connectivity index (χ2n) is 2.09. The van der Waals surface area contributed by atoms with Gasteiger partial charge in [0.1, 0.15) is 6.10 Å². The number of allylic oxidation sites excluding steroid dienone is 1.